The molecule has 10 nitrogen and oxygen atoms in total. The molecule has 3 unspecified atom stereocenters. The minimum Gasteiger partial charge on any atom is -0.481 e. The molecule has 0 spiro atoms. The first-order chi connectivity index (χ1) is 26.1. The molecule has 0 radical (unpaired) electrons. The number of amides is 4. The van der Waals surface area contributed by atoms with Gasteiger partial charge in [0, 0.05) is 54.8 Å². The van der Waals surface area contributed by atoms with Crippen LogP contribution in [0.2, 0.25) is 5.02 Å². The molecule has 2 aromatic carbocycles. The fraction of sp³-hybridized carbons (Fsp3) is 0.442. The predicted octanol–water partition coefficient (Wildman–Crippen LogP) is 8.94. The highest BCUT2D eigenvalue weighted by atomic mass is 35.5. The molecule has 0 bridgehead atoms. The van der Waals surface area contributed by atoms with Crippen molar-refractivity contribution in [3.8, 4) is 28.3 Å². The van der Waals surface area contributed by atoms with Crippen LogP contribution in [0.5, 0.6) is 5.88 Å². The van der Waals surface area contributed by atoms with E-state index in [1.807, 2.05) is 6.07 Å². The third kappa shape index (κ3) is 8.67. The third-order valence-corrected chi connectivity index (χ3v) is 11.9. The molecule has 12 heteroatoms. The van der Waals surface area contributed by atoms with Gasteiger partial charge in [-0.2, -0.15) is 0 Å². The molecule has 55 heavy (non-hydrogen) atoms. The lowest BCUT2D eigenvalue weighted by Gasteiger charge is -2.38. The molecule has 1 aromatic heterocycles. The second-order valence-electron chi connectivity index (χ2n) is 15.0. The van der Waals surface area contributed by atoms with Gasteiger partial charge in [-0.1, -0.05) is 64.4 Å². The molecular weight excluding hydrogens is 719 g/mol. The van der Waals surface area contributed by atoms with Crippen LogP contribution in [0.1, 0.15) is 88.8 Å². The molecule has 3 N–H and O–H groups in total. The van der Waals surface area contributed by atoms with E-state index in [1.165, 1.54) is 30.0 Å². The lowest BCUT2D eigenvalue weighted by atomic mass is 9.83. The van der Waals surface area contributed by atoms with Crippen molar-refractivity contribution in [1.82, 2.24) is 25.4 Å². The van der Waals surface area contributed by atoms with Crippen molar-refractivity contribution in [2.45, 2.75) is 91.0 Å². The minimum absolute atomic E-state index is 0.00671. The number of ether oxygens (including phenoxy) is 1. The molecule has 3 aromatic rings. The van der Waals surface area contributed by atoms with Gasteiger partial charge in [0.1, 0.15) is 17.2 Å². The van der Waals surface area contributed by atoms with Gasteiger partial charge in [-0.05, 0) is 98.2 Å². The number of pyridine rings is 1. The van der Waals surface area contributed by atoms with Crippen molar-refractivity contribution in [3.63, 3.8) is 0 Å². The molecule has 3 atom stereocenters. The average Bonchev–Trinajstić information content (AvgIpc) is 3.55. The van der Waals surface area contributed by atoms with Gasteiger partial charge in [0.25, 0.3) is 11.8 Å². The number of carbonyl (C=O) groups is 3. The van der Waals surface area contributed by atoms with Crippen molar-refractivity contribution < 1.29 is 23.5 Å². The minimum atomic E-state index is -0.583. The molecule has 0 saturated carbocycles. The average molecular weight is 773 g/mol. The molecule has 6 rings (SSSR count). The Hall–Kier alpha value is -4.90. The van der Waals surface area contributed by atoms with Crippen LogP contribution in [0, 0.1) is 18.7 Å². The SMILES string of the molecule is C=C1N(C)C=C(C(=O)Nc2cccc(-c3c(F)ccc(-c4cc5c(c(OC)n4)C(C)CC5)c3Cl)c2C)C(=O)N1C.CCC(C)CCC1(CC)CCNC(=O)N1. The molecule has 294 valence electrons. The number of hydrogen-bond acceptors (Lipinski definition) is 6. The number of nitrogens with one attached hydrogen (secondary N) is 3. The van der Waals surface area contributed by atoms with Crippen LogP contribution in [-0.2, 0) is 16.0 Å². The number of carbonyl (C=O) groups excluding carboxylic acids is 3. The number of benzene rings is 2. The number of nitrogens with zero attached hydrogens (tertiary/aromatic N) is 3. The Labute approximate surface area is 329 Å². The topological polar surface area (TPSA) is 116 Å². The van der Waals surface area contributed by atoms with Crippen LogP contribution in [0.15, 0.2) is 60.6 Å². The Morgan fingerprint density at radius 3 is 2.62 bits per heavy atom. The maximum absolute atomic E-state index is 15.4. The van der Waals surface area contributed by atoms with E-state index in [1.54, 1.807) is 57.3 Å². The van der Waals surface area contributed by atoms with Gasteiger partial charge in [0.15, 0.2) is 0 Å². The maximum Gasteiger partial charge on any atom is 0.315 e. The standard InChI is InChI=1S/C31H30ClFN4O3.C12H24N2O/c1-16-10-11-19-14-25(35-30(40-6)26(16)19)21-12-13-23(33)27(28(21)32)20-8-7-9-24(17(20)2)34-29(38)22-15-36(4)18(3)37(5)31(22)39;1-4-10(3)6-7-12(5-2)8-9-13-11(15)14-12/h7-9,12-16H,3,10-11H2,1-2,4-6H3,(H,34,38);10H,4-9H2,1-3H3,(H2,13,14,15). The van der Waals surface area contributed by atoms with E-state index in [-0.39, 0.29) is 27.7 Å². The first kappa shape index (κ1) is 41.3. The zero-order valence-corrected chi connectivity index (χ0v) is 34.0. The summed E-state index contributed by atoms with van der Waals surface area (Å²) in [4.78, 5) is 44.8. The highest BCUT2D eigenvalue weighted by Crippen LogP contribution is 2.44. The van der Waals surface area contributed by atoms with Crippen LogP contribution in [0.3, 0.4) is 0 Å². The lowest BCUT2D eigenvalue weighted by Crippen LogP contribution is -2.58. The van der Waals surface area contributed by atoms with E-state index in [0.717, 1.165) is 55.7 Å². The van der Waals surface area contributed by atoms with Crippen molar-refractivity contribution in [3.05, 3.63) is 88.1 Å². The van der Waals surface area contributed by atoms with E-state index in [9.17, 15) is 14.4 Å². The smallest absolute Gasteiger partial charge is 0.315 e. The van der Waals surface area contributed by atoms with Gasteiger partial charge in [0.05, 0.1) is 17.8 Å². The molecule has 3 aliphatic rings. The lowest BCUT2D eigenvalue weighted by molar-refractivity contribution is -0.128. The molecule has 1 saturated heterocycles. The van der Waals surface area contributed by atoms with Crippen molar-refractivity contribution in [2.75, 3.05) is 33.1 Å². The summed E-state index contributed by atoms with van der Waals surface area (Å²) in [6.45, 7) is 15.3. The summed E-state index contributed by atoms with van der Waals surface area (Å²) in [6, 6.07) is 10.1. The zero-order valence-electron chi connectivity index (χ0n) is 33.3. The Kier molecular flexibility index (Phi) is 13.0. The molecule has 4 amide bonds. The number of urea groups is 1. The van der Waals surface area contributed by atoms with Gasteiger partial charge in [0.2, 0.25) is 5.88 Å². The number of rotatable bonds is 10. The Morgan fingerprint density at radius 1 is 1.20 bits per heavy atom. The molecule has 1 aliphatic carbocycles. The largest absolute Gasteiger partial charge is 0.481 e. The number of anilines is 1. The number of halogens is 2. The second-order valence-corrected chi connectivity index (χ2v) is 15.4. The fourth-order valence-corrected chi connectivity index (χ4v) is 7.84. The quantitative estimate of drug-likeness (QED) is 0.177. The monoisotopic (exact) mass is 772 g/mol. The van der Waals surface area contributed by atoms with Crippen LogP contribution < -0.4 is 20.7 Å². The number of methoxy groups -OCH3 is 1. The van der Waals surface area contributed by atoms with Crippen LogP contribution >= 0.6 is 11.6 Å². The zero-order chi connectivity index (χ0) is 40.2. The van der Waals surface area contributed by atoms with Crippen molar-refractivity contribution in [2.24, 2.45) is 5.92 Å². The van der Waals surface area contributed by atoms with E-state index >= 15 is 4.39 Å². The van der Waals surface area contributed by atoms with E-state index in [4.69, 9.17) is 21.3 Å². The van der Waals surface area contributed by atoms with Gasteiger partial charge in [-0.15, -0.1) is 0 Å². The summed E-state index contributed by atoms with van der Waals surface area (Å²) >= 11 is 6.89. The molecule has 3 heterocycles. The highest BCUT2D eigenvalue weighted by molar-refractivity contribution is 6.36. The summed E-state index contributed by atoms with van der Waals surface area (Å²) in [6.07, 6.45) is 9.02. The van der Waals surface area contributed by atoms with E-state index in [0.29, 0.717) is 45.7 Å². The van der Waals surface area contributed by atoms with Gasteiger partial charge < -0.3 is 25.6 Å². The predicted molar refractivity (Wildman–Crippen MR) is 217 cm³/mol. The van der Waals surface area contributed by atoms with Gasteiger partial charge >= 0.3 is 6.03 Å². The fourth-order valence-electron chi connectivity index (χ4n) is 7.49. The van der Waals surface area contributed by atoms with Crippen LogP contribution in [-0.4, -0.2) is 65.9 Å². The summed E-state index contributed by atoms with van der Waals surface area (Å²) in [5, 5.41) is 8.94. The first-order valence-electron chi connectivity index (χ1n) is 19.1. The molecular formula is C43H54ClFN6O4. The molecule has 2 aliphatic heterocycles. The van der Waals surface area contributed by atoms with E-state index < -0.39 is 17.6 Å². The Balaban J connectivity index is 0.000000325. The highest BCUT2D eigenvalue weighted by Gasteiger charge is 2.33. The molecule has 1 fully saturated rings. The number of likely N-dealkylation sites (N-methyl/N-ethyl adjacent to an activating group) is 1. The summed E-state index contributed by atoms with van der Waals surface area (Å²) in [7, 11) is 4.85. The number of hydrogen-bond donors (Lipinski definition) is 3. The first-order valence-corrected chi connectivity index (χ1v) is 19.5. The number of aryl methyl sites for hydroxylation is 1. The summed E-state index contributed by atoms with van der Waals surface area (Å²) in [5.74, 6) is 0.574. The summed E-state index contributed by atoms with van der Waals surface area (Å²) < 4.78 is 21.0. The van der Waals surface area contributed by atoms with Crippen LogP contribution in [0.25, 0.3) is 22.4 Å². The summed E-state index contributed by atoms with van der Waals surface area (Å²) in [5.41, 5.74) is 5.20. The third-order valence-electron chi connectivity index (χ3n) is 11.5. The number of aromatic nitrogens is 1. The Morgan fingerprint density at radius 2 is 1.95 bits per heavy atom. The van der Waals surface area contributed by atoms with Crippen molar-refractivity contribution >= 4 is 35.1 Å². The second kappa shape index (κ2) is 17.3. The maximum atomic E-state index is 15.4. The van der Waals surface area contributed by atoms with Crippen LogP contribution in [0.4, 0.5) is 14.9 Å². The van der Waals surface area contributed by atoms with E-state index in [2.05, 4.69) is 50.2 Å². The number of fused-ring (bicyclic) bond motifs is 1. The Bertz CT molecular complexity index is 2020. The van der Waals surface area contributed by atoms with Crippen molar-refractivity contribution in [1.29, 1.82) is 0 Å². The normalized spacial score (nSPS) is 19.8. The van der Waals surface area contributed by atoms with Gasteiger partial charge in [-0.3, -0.25) is 14.5 Å². The van der Waals surface area contributed by atoms with Gasteiger partial charge in [-0.25, -0.2) is 14.2 Å².